The molecule has 1 N–H and O–H groups in total. The topological polar surface area (TPSA) is 79.8 Å². The van der Waals surface area contributed by atoms with Gasteiger partial charge in [-0.2, -0.15) is 0 Å². The van der Waals surface area contributed by atoms with Gasteiger partial charge in [0.15, 0.2) is 0 Å². The van der Waals surface area contributed by atoms with Crippen LogP contribution in [-0.4, -0.2) is 22.6 Å². The van der Waals surface area contributed by atoms with Gasteiger partial charge in [0.2, 0.25) is 0 Å². The fourth-order valence-corrected chi connectivity index (χ4v) is 3.30. The first-order valence-corrected chi connectivity index (χ1v) is 7.79. The lowest BCUT2D eigenvalue weighted by Gasteiger charge is -2.28. The Hall–Kier alpha value is -2.34. The van der Waals surface area contributed by atoms with Gasteiger partial charge in [0.1, 0.15) is 11.9 Å². The number of furan rings is 1. The molecule has 122 valence electrons. The minimum atomic E-state index is -0.630. The van der Waals surface area contributed by atoms with E-state index in [2.05, 4.69) is 4.90 Å². The fourth-order valence-electron chi connectivity index (χ4n) is 3.30. The summed E-state index contributed by atoms with van der Waals surface area (Å²) in [5.41, 5.74) is 1.77. The van der Waals surface area contributed by atoms with Crippen molar-refractivity contribution in [2.24, 2.45) is 0 Å². The molecule has 2 heterocycles. The molecule has 2 aromatic rings. The fraction of sp³-hybridized carbons (Fsp3) is 0.412. The molecule has 1 fully saturated rings. The SMILES string of the molecule is Cc1cc(N2CCCC2CC(O)c2ccco2)ccc1[N+](=O)[O-]. The maximum Gasteiger partial charge on any atom is 0.272 e. The molecule has 2 atom stereocenters. The molecule has 6 nitrogen and oxygen atoms in total. The zero-order chi connectivity index (χ0) is 16.4. The Morgan fingerprint density at radius 3 is 2.96 bits per heavy atom. The lowest BCUT2D eigenvalue weighted by molar-refractivity contribution is -0.385. The van der Waals surface area contributed by atoms with Crippen LogP contribution >= 0.6 is 0 Å². The lowest BCUT2D eigenvalue weighted by Crippen LogP contribution is -2.30. The molecule has 1 aromatic carbocycles. The molecule has 0 saturated carbocycles. The average molecular weight is 316 g/mol. The van der Waals surface area contributed by atoms with Crippen LogP contribution in [-0.2, 0) is 0 Å². The Morgan fingerprint density at radius 1 is 1.48 bits per heavy atom. The Balaban J connectivity index is 1.76. The highest BCUT2D eigenvalue weighted by Crippen LogP contribution is 2.33. The van der Waals surface area contributed by atoms with Gasteiger partial charge in [-0.3, -0.25) is 10.1 Å². The standard InChI is InChI=1S/C17H20N2O4/c1-12-10-14(6-7-15(12)19(21)22)18-8-2-4-13(18)11-16(20)17-5-3-9-23-17/h3,5-7,9-10,13,16,20H,2,4,8,11H2,1H3. The second kappa shape index (κ2) is 6.42. The van der Waals surface area contributed by atoms with Crippen molar-refractivity contribution in [1.29, 1.82) is 0 Å². The van der Waals surface area contributed by atoms with E-state index in [1.54, 1.807) is 37.5 Å². The summed E-state index contributed by atoms with van der Waals surface area (Å²) in [6.07, 6.45) is 3.56. The van der Waals surface area contributed by atoms with Crippen LogP contribution in [0.3, 0.4) is 0 Å². The van der Waals surface area contributed by atoms with Crippen molar-refractivity contribution in [3.63, 3.8) is 0 Å². The number of anilines is 1. The van der Waals surface area contributed by atoms with E-state index in [1.807, 2.05) is 6.07 Å². The summed E-state index contributed by atoms with van der Waals surface area (Å²) in [7, 11) is 0. The minimum Gasteiger partial charge on any atom is -0.467 e. The summed E-state index contributed by atoms with van der Waals surface area (Å²) >= 11 is 0. The number of benzene rings is 1. The Kier molecular flexibility index (Phi) is 4.34. The lowest BCUT2D eigenvalue weighted by atomic mass is 10.0. The van der Waals surface area contributed by atoms with Gasteiger partial charge in [-0.05, 0) is 44.0 Å². The van der Waals surface area contributed by atoms with Crippen LogP contribution in [0, 0.1) is 17.0 Å². The molecule has 1 aliphatic heterocycles. The normalized spacial score (nSPS) is 19.0. The van der Waals surface area contributed by atoms with Crippen molar-refractivity contribution >= 4 is 11.4 Å². The molecule has 2 unspecified atom stereocenters. The van der Waals surface area contributed by atoms with Crippen LogP contribution in [0.1, 0.15) is 36.7 Å². The van der Waals surface area contributed by atoms with Gasteiger partial charge in [-0.25, -0.2) is 0 Å². The van der Waals surface area contributed by atoms with Crippen molar-refractivity contribution in [2.75, 3.05) is 11.4 Å². The molecule has 0 amide bonds. The number of nitro groups is 1. The van der Waals surface area contributed by atoms with E-state index >= 15 is 0 Å². The summed E-state index contributed by atoms with van der Waals surface area (Å²) in [6, 6.07) is 8.96. The molecular weight excluding hydrogens is 296 g/mol. The van der Waals surface area contributed by atoms with Crippen LogP contribution in [0.4, 0.5) is 11.4 Å². The average Bonchev–Trinajstić information content (AvgIpc) is 3.18. The quantitative estimate of drug-likeness (QED) is 0.673. The van der Waals surface area contributed by atoms with Crippen molar-refractivity contribution in [3.8, 4) is 0 Å². The van der Waals surface area contributed by atoms with Crippen LogP contribution in [0.5, 0.6) is 0 Å². The maximum absolute atomic E-state index is 10.9. The van der Waals surface area contributed by atoms with E-state index in [9.17, 15) is 15.2 Å². The number of aliphatic hydroxyl groups is 1. The van der Waals surface area contributed by atoms with Gasteiger partial charge >= 0.3 is 0 Å². The number of rotatable bonds is 5. The number of aryl methyl sites for hydroxylation is 1. The molecule has 0 aliphatic carbocycles. The van der Waals surface area contributed by atoms with E-state index in [1.165, 1.54) is 0 Å². The third-order valence-corrected chi connectivity index (χ3v) is 4.45. The van der Waals surface area contributed by atoms with Gasteiger partial charge < -0.3 is 14.4 Å². The summed E-state index contributed by atoms with van der Waals surface area (Å²) < 4.78 is 5.26. The van der Waals surface area contributed by atoms with Gasteiger partial charge in [0.05, 0.1) is 11.2 Å². The first-order valence-electron chi connectivity index (χ1n) is 7.79. The predicted molar refractivity (Wildman–Crippen MR) is 86.5 cm³/mol. The number of aliphatic hydroxyl groups excluding tert-OH is 1. The third kappa shape index (κ3) is 3.22. The summed E-state index contributed by atoms with van der Waals surface area (Å²) in [6.45, 7) is 2.65. The van der Waals surface area contributed by atoms with E-state index in [0.29, 0.717) is 17.7 Å². The van der Waals surface area contributed by atoms with Gasteiger partial charge in [-0.15, -0.1) is 0 Å². The van der Waals surface area contributed by atoms with Crippen molar-refractivity contribution in [2.45, 2.75) is 38.3 Å². The van der Waals surface area contributed by atoms with Crippen LogP contribution in [0.25, 0.3) is 0 Å². The molecule has 0 bridgehead atoms. The smallest absolute Gasteiger partial charge is 0.272 e. The van der Waals surface area contributed by atoms with Crippen molar-refractivity contribution in [3.05, 3.63) is 58.0 Å². The number of nitrogens with zero attached hydrogens (tertiary/aromatic N) is 2. The van der Waals surface area contributed by atoms with Crippen molar-refractivity contribution < 1.29 is 14.4 Å². The molecule has 6 heteroatoms. The van der Waals surface area contributed by atoms with Gasteiger partial charge in [-0.1, -0.05) is 0 Å². The molecule has 0 radical (unpaired) electrons. The van der Waals surface area contributed by atoms with Crippen LogP contribution in [0.2, 0.25) is 0 Å². The van der Waals surface area contributed by atoms with Crippen molar-refractivity contribution in [1.82, 2.24) is 0 Å². The summed E-state index contributed by atoms with van der Waals surface area (Å²) in [5.74, 6) is 0.580. The van der Waals surface area contributed by atoms with E-state index in [-0.39, 0.29) is 16.7 Å². The Morgan fingerprint density at radius 2 is 2.30 bits per heavy atom. The molecule has 1 aliphatic rings. The zero-order valence-corrected chi connectivity index (χ0v) is 13.0. The summed E-state index contributed by atoms with van der Waals surface area (Å²) in [5, 5.41) is 21.2. The van der Waals surface area contributed by atoms with E-state index in [4.69, 9.17) is 4.42 Å². The number of nitro benzene ring substituents is 1. The van der Waals surface area contributed by atoms with Crippen LogP contribution in [0.15, 0.2) is 41.0 Å². The minimum absolute atomic E-state index is 0.139. The highest BCUT2D eigenvalue weighted by atomic mass is 16.6. The largest absolute Gasteiger partial charge is 0.467 e. The highest BCUT2D eigenvalue weighted by Gasteiger charge is 2.28. The van der Waals surface area contributed by atoms with Crippen LogP contribution < -0.4 is 4.90 Å². The zero-order valence-electron chi connectivity index (χ0n) is 13.0. The van der Waals surface area contributed by atoms with Gasteiger partial charge in [0, 0.05) is 36.3 Å². The monoisotopic (exact) mass is 316 g/mol. The van der Waals surface area contributed by atoms with E-state index < -0.39 is 6.10 Å². The van der Waals surface area contributed by atoms with Gasteiger partial charge in [0.25, 0.3) is 5.69 Å². The molecular formula is C17H20N2O4. The second-order valence-corrected chi connectivity index (χ2v) is 5.98. The Labute approximate surface area is 134 Å². The molecule has 23 heavy (non-hydrogen) atoms. The Bertz CT molecular complexity index is 684. The summed E-state index contributed by atoms with van der Waals surface area (Å²) in [4.78, 5) is 12.8. The molecule has 0 spiro atoms. The second-order valence-electron chi connectivity index (χ2n) is 5.98. The number of hydrogen-bond donors (Lipinski definition) is 1. The highest BCUT2D eigenvalue weighted by molar-refractivity contribution is 5.56. The first-order chi connectivity index (χ1) is 11.1. The predicted octanol–water partition coefficient (Wildman–Crippen LogP) is 3.59. The first kappa shape index (κ1) is 15.6. The molecule has 1 saturated heterocycles. The number of hydrogen-bond acceptors (Lipinski definition) is 5. The van der Waals surface area contributed by atoms with E-state index in [0.717, 1.165) is 25.1 Å². The maximum atomic E-state index is 10.9. The molecule has 1 aromatic heterocycles. The molecule has 3 rings (SSSR count). The third-order valence-electron chi connectivity index (χ3n) is 4.45.